The number of halogens is 1. The van der Waals surface area contributed by atoms with Crippen LogP contribution in [0, 0.1) is 5.92 Å². The Morgan fingerprint density at radius 3 is 2.79 bits per heavy atom. The fraction of sp³-hybridized carbons (Fsp3) is 0.455. The van der Waals surface area contributed by atoms with Crippen molar-refractivity contribution in [3.63, 3.8) is 0 Å². The van der Waals surface area contributed by atoms with Crippen molar-refractivity contribution in [3.8, 4) is 5.75 Å². The largest absolute Gasteiger partial charge is 0.493 e. The number of thiophene rings is 1. The van der Waals surface area contributed by atoms with Crippen LogP contribution in [0.2, 0.25) is 0 Å². The van der Waals surface area contributed by atoms with Gasteiger partial charge in [-0.25, -0.2) is 4.79 Å². The zero-order valence-electron chi connectivity index (χ0n) is 17.0. The molecule has 7 heteroatoms. The molecule has 1 N–H and O–H groups in total. The number of amides is 1. The van der Waals surface area contributed by atoms with Gasteiger partial charge < -0.3 is 14.8 Å². The van der Waals surface area contributed by atoms with E-state index in [-0.39, 0.29) is 11.9 Å². The van der Waals surface area contributed by atoms with Gasteiger partial charge in [0.15, 0.2) is 0 Å². The summed E-state index contributed by atoms with van der Waals surface area (Å²) in [7, 11) is 0. The molecule has 0 unspecified atom stereocenters. The quantitative estimate of drug-likeness (QED) is 0.482. The molecule has 1 aliphatic carbocycles. The van der Waals surface area contributed by atoms with E-state index in [1.807, 2.05) is 6.07 Å². The highest BCUT2D eigenvalue weighted by Crippen LogP contribution is 2.40. The minimum absolute atomic E-state index is 0.295. The Morgan fingerprint density at radius 1 is 1.28 bits per heavy atom. The van der Waals surface area contributed by atoms with Gasteiger partial charge in [-0.3, -0.25) is 4.79 Å². The third kappa shape index (κ3) is 5.20. The number of esters is 1. The second-order valence-corrected chi connectivity index (χ2v) is 9.43. The van der Waals surface area contributed by atoms with Crippen molar-refractivity contribution < 1.29 is 19.1 Å². The molecule has 1 aliphatic rings. The van der Waals surface area contributed by atoms with Crippen molar-refractivity contribution in [1.82, 2.24) is 0 Å². The van der Waals surface area contributed by atoms with E-state index in [1.165, 1.54) is 11.3 Å². The molecule has 5 nitrogen and oxygen atoms in total. The molecule has 0 radical (unpaired) electrons. The molecule has 0 fully saturated rings. The smallest absolute Gasteiger partial charge is 0.341 e. The van der Waals surface area contributed by atoms with Crippen molar-refractivity contribution in [3.05, 3.63) is 44.2 Å². The Bertz CT molecular complexity index is 906. The van der Waals surface area contributed by atoms with E-state index in [4.69, 9.17) is 9.47 Å². The van der Waals surface area contributed by atoms with Crippen LogP contribution in [0.3, 0.4) is 0 Å². The maximum absolute atomic E-state index is 13.1. The van der Waals surface area contributed by atoms with E-state index in [9.17, 15) is 9.59 Å². The van der Waals surface area contributed by atoms with E-state index in [0.29, 0.717) is 41.0 Å². The summed E-state index contributed by atoms with van der Waals surface area (Å²) >= 11 is 4.90. The minimum atomic E-state index is -0.371. The fourth-order valence-corrected chi connectivity index (χ4v) is 4.93. The topological polar surface area (TPSA) is 64.6 Å². The first-order chi connectivity index (χ1) is 13.9. The van der Waals surface area contributed by atoms with Gasteiger partial charge in [0, 0.05) is 9.35 Å². The highest BCUT2D eigenvalue weighted by molar-refractivity contribution is 9.10. The monoisotopic (exact) mass is 479 g/mol. The average Bonchev–Trinajstić information content (AvgIpc) is 3.23. The second-order valence-electron chi connectivity index (χ2n) is 7.41. The number of fused-ring (bicyclic) bond motifs is 1. The summed E-state index contributed by atoms with van der Waals surface area (Å²) in [6.07, 6.45) is 3.71. The molecule has 2 aromatic rings. The number of carbonyl (C=O) groups excluding carboxylic acids is 2. The summed E-state index contributed by atoms with van der Waals surface area (Å²) in [4.78, 5) is 26.8. The first kappa shape index (κ1) is 21.8. The predicted molar refractivity (Wildman–Crippen MR) is 119 cm³/mol. The van der Waals surface area contributed by atoms with E-state index >= 15 is 0 Å². The van der Waals surface area contributed by atoms with Crippen LogP contribution in [-0.2, 0) is 17.6 Å². The highest BCUT2D eigenvalue weighted by Gasteiger charge is 2.29. The summed E-state index contributed by atoms with van der Waals surface area (Å²) in [5.41, 5.74) is 1.97. The Labute approximate surface area is 183 Å². The van der Waals surface area contributed by atoms with Gasteiger partial charge in [-0.05, 0) is 62.3 Å². The van der Waals surface area contributed by atoms with Crippen LogP contribution in [0.5, 0.6) is 5.75 Å². The molecule has 0 aliphatic heterocycles. The molecule has 29 heavy (non-hydrogen) atoms. The summed E-state index contributed by atoms with van der Waals surface area (Å²) in [5.74, 6) is 0.387. The maximum Gasteiger partial charge on any atom is 0.341 e. The molecule has 0 saturated carbocycles. The number of hydrogen-bond donors (Lipinski definition) is 1. The molecule has 0 atom stereocenters. The SMILES string of the molecule is CCOC(=O)c1c(NC(=O)c2cc(Br)ccc2OCCC(C)C)sc2c1CCC2. The molecule has 0 spiro atoms. The van der Waals surface area contributed by atoms with Crippen molar-refractivity contribution in [2.75, 3.05) is 18.5 Å². The van der Waals surface area contributed by atoms with Crippen LogP contribution >= 0.6 is 27.3 Å². The zero-order chi connectivity index (χ0) is 21.0. The van der Waals surface area contributed by atoms with E-state index in [0.717, 1.165) is 40.6 Å². The van der Waals surface area contributed by atoms with Gasteiger partial charge in [-0.15, -0.1) is 11.3 Å². The normalized spacial score (nSPS) is 12.7. The number of aryl methyl sites for hydroxylation is 1. The van der Waals surface area contributed by atoms with Gasteiger partial charge in [0.2, 0.25) is 0 Å². The molecule has 0 saturated heterocycles. The van der Waals surface area contributed by atoms with Crippen molar-refractivity contribution in [2.24, 2.45) is 5.92 Å². The molecular formula is C22H26BrNO4S. The van der Waals surface area contributed by atoms with E-state index in [1.54, 1.807) is 19.1 Å². The third-order valence-corrected chi connectivity index (χ3v) is 6.47. The van der Waals surface area contributed by atoms with E-state index < -0.39 is 0 Å². The Hall–Kier alpha value is -1.86. The average molecular weight is 480 g/mol. The summed E-state index contributed by atoms with van der Waals surface area (Å²) < 4.78 is 11.9. The highest BCUT2D eigenvalue weighted by atomic mass is 79.9. The molecule has 1 amide bonds. The van der Waals surface area contributed by atoms with Crippen molar-refractivity contribution in [2.45, 2.75) is 46.5 Å². The molecule has 1 heterocycles. The van der Waals surface area contributed by atoms with Crippen LogP contribution < -0.4 is 10.1 Å². The lowest BCUT2D eigenvalue weighted by Crippen LogP contribution is -2.16. The fourth-order valence-electron chi connectivity index (χ4n) is 3.29. The lowest BCUT2D eigenvalue weighted by atomic mass is 10.1. The standard InChI is InChI=1S/C22H26BrNO4S/c1-4-27-22(26)19-15-6-5-7-18(15)29-21(19)24-20(25)16-12-14(23)8-9-17(16)28-11-10-13(2)3/h8-9,12-13H,4-7,10-11H2,1-3H3,(H,24,25). The lowest BCUT2D eigenvalue weighted by molar-refractivity contribution is 0.0527. The zero-order valence-corrected chi connectivity index (χ0v) is 19.4. The molecular weight excluding hydrogens is 454 g/mol. The van der Waals surface area contributed by atoms with Gasteiger partial charge >= 0.3 is 5.97 Å². The molecule has 156 valence electrons. The van der Waals surface area contributed by atoms with Gasteiger partial charge in [0.25, 0.3) is 5.91 Å². The number of anilines is 1. The summed E-state index contributed by atoms with van der Waals surface area (Å²) in [5, 5.41) is 3.50. The molecule has 1 aromatic heterocycles. The summed E-state index contributed by atoms with van der Waals surface area (Å²) in [6.45, 7) is 6.89. The number of nitrogens with one attached hydrogen (secondary N) is 1. The lowest BCUT2D eigenvalue weighted by Gasteiger charge is -2.13. The van der Waals surface area contributed by atoms with Crippen molar-refractivity contribution in [1.29, 1.82) is 0 Å². The summed E-state index contributed by atoms with van der Waals surface area (Å²) in [6, 6.07) is 5.39. The first-order valence-corrected chi connectivity index (χ1v) is 11.6. The van der Waals surface area contributed by atoms with Crippen molar-refractivity contribution >= 4 is 44.1 Å². The number of benzene rings is 1. The predicted octanol–water partition coefficient (Wildman–Crippen LogP) is 5.85. The molecule has 1 aromatic carbocycles. The number of rotatable bonds is 8. The number of carbonyl (C=O) groups is 2. The van der Waals surface area contributed by atoms with Gasteiger partial charge in [0.1, 0.15) is 10.8 Å². The van der Waals surface area contributed by atoms with Crippen LogP contribution in [0.1, 0.15) is 64.8 Å². The van der Waals surface area contributed by atoms with Crippen LogP contribution in [0.15, 0.2) is 22.7 Å². The van der Waals surface area contributed by atoms with E-state index in [2.05, 4.69) is 35.1 Å². The van der Waals surface area contributed by atoms with Gasteiger partial charge in [-0.2, -0.15) is 0 Å². The van der Waals surface area contributed by atoms with Gasteiger partial charge in [-0.1, -0.05) is 29.8 Å². The minimum Gasteiger partial charge on any atom is -0.493 e. The van der Waals surface area contributed by atoms with Crippen LogP contribution in [0.25, 0.3) is 0 Å². The second kappa shape index (κ2) is 9.76. The van der Waals surface area contributed by atoms with Crippen LogP contribution in [0.4, 0.5) is 5.00 Å². The Morgan fingerprint density at radius 2 is 2.07 bits per heavy atom. The third-order valence-electron chi connectivity index (χ3n) is 4.77. The first-order valence-electron chi connectivity index (χ1n) is 9.96. The van der Waals surface area contributed by atoms with Gasteiger partial charge in [0.05, 0.1) is 24.3 Å². The Balaban J connectivity index is 1.86. The van der Waals surface area contributed by atoms with Crippen LogP contribution in [-0.4, -0.2) is 25.1 Å². The molecule has 0 bridgehead atoms. The molecule has 3 rings (SSSR count). The Kier molecular flexibility index (Phi) is 7.35. The number of hydrogen-bond acceptors (Lipinski definition) is 5. The maximum atomic E-state index is 13.1. The number of ether oxygens (including phenoxy) is 2.